The van der Waals surface area contributed by atoms with Gasteiger partial charge in [-0.3, -0.25) is 14.3 Å². The summed E-state index contributed by atoms with van der Waals surface area (Å²) in [7, 11) is -3.91. The number of nitrogens with one attached hydrogen (secondary N) is 3. The van der Waals surface area contributed by atoms with Crippen LogP contribution in [0.2, 0.25) is 5.02 Å². The second kappa shape index (κ2) is 8.64. The fourth-order valence-electron chi connectivity index (χ4n) is 3.57. The highest BCUT2D eigenvalue weighted by Gasteiger charge is 2.30. The quantitative estimate of drug-likeness (QED) is 0.511. The van der Waals surface area contributed by atoms with Gasteiger partial charge < -0.3 is 10.6 Å². The molecule has 9 heteroatoms. The first-order chi connectivity index (χ1) is 15.2. The van der Waals surface area contributed by atoms with Crippen LogP contribution in [0, 0.1) is 6.92 Å². The highest BCUT2D eigenvalue weighted by atomic mass is 35.5. The van der Waals surface area contributed by atoms with Crippen LogP contribution < -0.4 is 15.4 Å². The lowest BCUT2D eigenvalue weighted by molar-refractivity contribution is -0.123. The third kappa shape index (κ3) is 4.61. The molecule has 0 spiro atoms. The van der Waals surface area contributed by atoms with Crippen molar-refractivity contribution in [1.82, 2.24) is 0 Å². The number of amides is 2. The Bertz CT molecular complexity index is 1310. The Morgan fingerprint density at radius 1 is 1.03 bits per heavy atom. The van der Waals surface area contributed by atoms with E-state index in [4.69, 9.17) is 11.6 Å². The number of hydrogen-bond donors (Lipinski definition) is 3. The summed E-state index contributed by atoms with van der Waals surface area (Å²) in [4.78, 5) is 25.0. The number of aryl methyl sites for hydroxylation is 1. The van der Waals surface area contributed by atoms with Gasteiger partial charge in [0, 0.05) is 28.5 Å². The lowest BCUT2D eigenvalue weighted by atomic mass is 9.90. The summed E-state index contributed by atoms with van der Waals surface area (Å²) in [5, 5.41) is 6.00. The third-order valence-corrected chi connectivity index (χ3v) is 6.93. The van der Waals surface area contributed by atoms with Crippen LogP contribution >= 0.6 is 11.6 Å². The average molecular weight is 470 g/mol. The normalized spacial score (nSPS) is 15.4. The molecule has 3 aromatic rings. The van der Waals surface area contributed by atoms with E-state index in [1.54, 1.807) is 67.6 Å². The van der Waals surface area contributed by atoms with Crippen LogP contribution in [0.15, 0.2) is 71.6 Å². The number of para-hydroxylation sites is 1. The number of fused-ring (bicyclic) bond motifs is 1. The van der Waals surface area contributed by atoms with Gasteiger partial charge in [-0.2, -0.15) is 0 Å². The lowest BCUT2D eigenvalue weighted by Crippen LogP contribution is -2.30. The molecule has 0 bridgehead atoms. The van der Waals surface area contributed by atoms with Crippen LogP contribution in [0.4, 0.5) is 17.1 Å². The molecule has 0 saturated carbocycles. The lowest BCUT2D eigenvalue weighted by Gasteiger charge is -2.25. The smallest absolute Gasteiger partial charge is 0.262 e. The molecule has 32 heavy (non-hydrogen) atoms. The maximum absolute atomic E-state index is 13.0. The van der Waals surface area contributed by atoms with E-state index in [-0.39, 0.29) is 23.1 Å². The van der Waals surface area contributed by atoms with Crippen molar-refractivity contribution in [3.63, 3.8) is 0 Å². The van der Waals surface area contributed by atoms with Crippen LogP contribution in [0.25, 0.3) is 0 Å². The minimum absolute atomic E-state index is 0.0119. The van der Waals surface area contributed by atoms with Crippen LogP contribution in [0.1, 0.15) is 23.5 Å². The largest absolute Gasteiger partial charge is 0.326 e. The molecule has 4 rings (SSSR count). The van der Waals surface area contributed by atoms with Crippen LogP contribution in [-0.2, 0) is 19.6 Å². The number of rotatable bonds is 5. The molecule has 0 radical (unpaired) electrons. The zero-order valence-electron chi connectivity index (χ0n) is 17.1. The summed E-state index contributed by atoms with van der Waals surface area (Å²) in [5.74, 6) is -1.30. The minimum Gasteiger partial charge on any atom is -0.326 e. The Kier molecular flexibility index (Phi) is 5.90. The molecule has 1 atom stereocenters. The summed E-state index contributed by atoms with van der Waals surface area (Å²) in [6.07, 6.45) is 0.0119. The van der Waals surface area contributed by atoms with Gasteiger partial charge in [0.25, 0.3) is 10.0 Å². The Balaban J connectivity index is 1.58. The number of carbonyl (C=O) groups is 2. The van der Waals surface area contributed by atoms with E-state index >= 15 is 0 Å². The predicted octanol–water partition coefficient (Wildman–Crippen LogP) is 4.51. The highest BCUT2D eigenvalue weighted by molar-refractivity contribution is 7.92. The standard InChI is InChI=1S/C23H20ClN3O4S/c1-14-6-9-17(12-21(14)32(30,31)27-16-10-7-15(24)8-11-16)25-23(29)19-13-22(28)26-20-5-3-2-4-18(19)20/h2-12,19,27H,13H2,1H3,(H,25,29)(H,26,28). The fraction of sp³-hybridized carbons (Fsp3) is 0.130. The van der Waals surface area contributed by atoms with E-state index < -0.39 is 15.9 Å². The van der Waals surface area contributed by atoms with Crippen molar-refractivity contribution < 1.29 is 18.0 Å². The Labute approximate surface area is 190 Å². The zero-order valence-corrected chi connectivity index (χ0v) is 18.6. The molecule has 0 aromatic heterocycles. The van der Waals surface area contributed by atoms with Gasteiger partial charge in [-0.25, -0.2) is 8.42 Å². The first-order valence-corrected chi connectivity index (χ1v) is 11.7. The average Bonchev–Trinajstić information content (AvgIpc) is 2.75. The van der Waals surface area contributed by atoms with Crippen molar-refractivity contribution in [2.24, 2.45) is 0 Å². The van der Waals surface area contributed by atoms with Crippen molar-refractivity contribution in [2.75, 3.05) is 15.4 Å². The summed E-state index contributed by atoms with van der Waals surface area (Å²) in [5.41, 5.74) is 2.53. The number of halogens is 1. The first kappa shape index (κ1) is 21.9. The van der Waals surface area contributed by atoms with E-state index in [0.717, 1.165) is 0 Å². The van der Waals surface area contributed by atoms with Gasteiger partial charge in [0.05, 0.1) is 10.8 Å². The SMILES string of the molecule is Cc1ccc(NC(=O)C2CC(=O)Nc3ccccc32)cc1S(=O)(=O)Nc1ccc(Cl)cc1. The van der Waals surface area contributed by atoms with Crippen LogP contribution in [-0.4, -0.2) is 20.2 Å². The van der Waals surface area contributed by atoms with Gasteiger partial charge in [-0.05, 0) is 60.5 Å². The van der Waals surface area contributed by atoms with Gasteiger partial charge >= 0.3 is 0 Å². The molecule has 1 unspecified atom stereocenters. The fourth-order valence-corrected chi connectivity index (χ4v) is 5.03. The number of sulfonamides is 1. The van der Waals surface area contributed by atoms with Crippen LogP contribution in [0.3, 0.4) is 0 Å². The Morgan fingerprint density at radius 3 is 2.47 bits per heavy atom. The first-order valence-electron chi connectivity index (χ1n) is 9.81. The van der Waals surface area contributed by atoms with Crippen molar-refractivity contribution in [3.05, 3.63) is 82.9 Å². The summed E-state index contributed by atoms with van der Waals surface area (Å²) < 4.78 is 28.4. The Hall–Kier alpha value is -3.36. The topological polar surface area (TPSA) is 104 Å². The van der Waals surface area contributed by atoms with Crippen molar-refractivity contribution in [3.8, 4) is 0 Å². The predicted molar refractivity (Wildman–Crippen MR) is 124 cm³/mol. The highest BCUT2D eigenvalue weighted by Crippen LogP contribution is 2.33. The molecule has 3 N–H and O–H groups in total. The molecule has 0 fully saturated rings. The summed E-state index contributed by atoms with van der Waals surface area (Å²) in [6.45, 7) is 1.67. The third-order valence-electron chi connectivity index (χ3n) is 5.16. The molecule has 1 aliphatic heterocycles. The van der Waals surface area contributed by atoms with Gasteiger partial charge in [0.15, 0.2) is 0 Å². The van der Waals surface area contributed by atoms with Crippen molar-refractivity contribution in [2.45, 2.75) is 24.2 Å². The van der Waals surface area contributed by atoms with Gasteiger partial charge in [-0.1, -0.05) is 35.9 Å². The molecule has 0 aliphatic carbocycles. The molecular weight excluding hydrogens is 450 g/mol. The number of benzene rings is 3. The minimum atomic E-state index is -3.91. The van der Waals surface area contributed by atoms with E-state index in [0.29, 0.717) is 33.2 Å². The van der Waals surface area contributed by atoms with E-state index in [1.165, 1.54) is 6.07 Å². The monoisotopic (exact) mass is 469 g/mol. The van der Waals surface area contributed by atoms with E-state index in [2.05, 4.69) is 15.4 Å². The number of carbonyl (C=O) groups excluding carboxylic acids is 2. The van der Waals surface area contributed by atoms with Gasteiger partial charge in [0.2, 0.25) is 11.8 Å². The number of anilines is 3. The maximum atomic E-state index is 13.0. The van der Waals surface area contributed by atoms with E-state index in [1.807, 2.05) is 0 Å². The van der Waals surface area contributed by atoms with E-state index in [9.17, 15) is 18.0 Å². The Morgan fingerprint density at radius 2 is 1.72 bits per heavy atom. The molecule has 0 saturated heterocycles. The number of hydrogen-bond acceptors (Lipinski definition) is 4. The summed E-state index contributed by atoms with van der Waals surface area (Å²) in [6, 6.07) is 18.1. The molecular formula is C23H20ClN3O4S. The molecule has 1 heterocycles. The van der Waals surface area contributed by atoms with Gasteiger partial charge in [-0.15, -0.1) is 0 Å². The molecule has 164 valence electrons. The zero-order chi connectivity index (χ0) is 22.9. The van der Waals surface area contributed by atoms with Crippen molar-refractivity contribution >= 4 is 50.5 Å². The second-order valence-corrected chi connectivity index (χ2v) is 9.56. The van der Waals surface area contributed by atoms with Crippen LogP contribution in [0.5, 0.6) is 0 Å². The molecule has 1 aliphatic rings. The molecule has 3 aromatic carbocycles. The molecule has 7 nitrogen and oxygen atoms in total. The summed E-state index contributed by atoms with van der Waals surface area (Å²) >= 11 is 5.86. The second-order valence-electron chi connectivity index (χ2n) is 7.47. The van der Waals surface area contributed by atoms with Gasteiger partial charge in [0.1, 0.15) is 0 Å². The van der Waals surface area contributed by atoms with Crippen molar-refractivity contribution in [1.29, 1.82) is 0 Å². The maximum Gasteiger partial charge on any atom is 0.262 e. The molecule has 2 amide bonds.